The number of pyridine rings is 1. The fourth-order valence-corrected chi connectivity index (χ4v) is 8.20. The molecule has 1 aliphatic carbocycles. The number of carbonyl (C=O) groups is 1. The second-order valence-corrected chi connectivity index (χ2v) is 13.3. The van der Waals surface area contributed by atoms with Crippen LogP contribution in [0.2, 0.25) is 0 Å². The van der Waals surface area contributed by atoms with Gasteiger partial charge in [0.2, 0.25) is 0 Å². The molecule has 232 valence electrons. The summed E-state index contributed by atoms with van der Waals surface area (Å²) < 4.78 is 2.44. The van der Waals surface area contributed by atoms with Crippen molar-refractivity contribution in [1.82, 2.24) is 24.4 Å². The standard InChI is InChI=1S/C37H42N6O2/c1-24-14-15-38-30(22-24)36-39-29-13-12-28-34-32(25-8-4-2-5-9-25)27-11-10-26(37(44)45)23-31(27)43(34)21-20-42(35(28)33(29)40-36)19-18-41-16-6-3-7-17-41/h10-15,22-23,25H,2-9,16-21H2,1H3,(H,39,40)(H,44,45). The molecule has 0 amide bonds. The molecule has 0 bridgehead atoms. The first-order valence-electron chi connectivity index (χ1n) is 16.9. The number of H-pyrrole nitrogens is 1. The fraction of sp³-hybridized carbons (Fsp3) is 0.432. The van der Waals surface area contributed by atoms with Crippen LogP contribution >= 0.6 is 0 Å². The molecule has 1 saturated heterocycles. The number of likely N-dealkylation sites (tertiary alicyclic amines) is 1. The predicted molar refractivity (Wildman–Crippen MR) is 180 cm³/mol. The molecule has 45 heavy (non-hydrogen) atoms. The van der Waals surface area contributed by atoms with Crippen LogP contribution in [0.3, 0.4) is 0 Å². The first-order chi connectivity index (χ1) is 22.0. The van der Waals surface area contributed by atoms with Crippen LogP contribution in [0, 0.1) is 6.92 Å². The molecule has 8 heteroatoms. The van der Waals surface area contributed by atoms with E-state index in [1.54, 1.807) is 6.07 Å². The van der Waals surface area contributed by atoms with Gasteiger partial charge in [0.1, 0.15) is 11.2 Å². The predicted octanol–water partition coefficient (Wildman–Crippen LogP) is 7.61. The number of nitrogens with one attached hydrogen (secondary N) is 1. The number of carboxylic acid groups (broad SMARTS) is 1. The minimum atomic E-state index is -0.876. The molecule has 8 nitrogen and oxygen atoms in total. The van der Waals surface area contributed by atoms with Crippen molar-refractivity contribution in [3.05, 3.63) is 65.4 Å². The second kappa shape index (κ2) is 11.6. The van der Waals surface area contributed by atoms with E-state index in [0.717, 1.165) is 59.8 Å². The van der Waals surface area contributed by atoms with E-state index >= 15 is 0 Å². The largest absolute Gasteiger partial charge is 0.478 e. The van der Waals surface area contributed by atoms with Crippen molar-refractivity contribution in [2.24, 2.45) is 0 Å². The van der Waals surface area contributed by atoms with Crippen LogP contribution in [-0.2, 0) is 6.54 Å². The number of nitrogens with zero attached hydrogens (tertiary/aromatic N) is 5. The molecule has 0 radical (unpaired) electrons. The average Bonchev–Trinajstić information content (AvgIpc) is 3.60. The van der Waals surface area contributed by atoms with Gasteiger partial charge in [0.05, 0.1) is 22.5 Å². The molecule has 5 heterocycles. The summed E-state index contributed by atoms with van der Waals surface area (Å²) in [5.41, 5.74) is 10.5. The van der Waals surface area contributed by atoms with E-state index in [1.165, 1.54) is 92.4 Å². The van der Waals surface area contributed by atoms with Gasteiger partial charge in [0.25, 0.3) is 0 Å². The summed E-state index contributed by atoms with van der Waals surface area (Å²) in [6.45, 7) is 8.02. The van der Waals surface area contributed by atoms with Crippen LogP contribution < -0.4 is 4.90 Å². The van der Waals surface area contributed by atoms with Gasteiger partial charge < -0.3 is 24.5 Å². The Hall–Kier alpha value is -4.17. The maximum absolute atomic E-state index is 12.1. The molecular weight excluding hydrogens is 560 g/mol. The Labute approximate surface area is 264 Å². The summed E-state index contributed by atoms with van der Waals surface area (Å²) in [4.78, 5) is 30.8. The number of carboxylic acids is 1. The molecule has 2 aliphatic heterocycles. The highest BCUT2D eigenvalue weighted by atomic mass is 16.4. The van der Waals surface area contributed by atoms with Gasteiger partial charge in [-0.1, -0.05) is 31.7 Å². The van der Waals surface area contributed by atoms with Gasteiger partial charge in [-0.25, -0.2) is 9.78 Å². The third-order valence-corrected chi connectivity index (χ3v) is 10.4. The van der Waals surface area contributed by atoms with Crippen molar-refractivity contribution < 1.29 is 9.90 Å². The molecule has 2 aromatic carbocycles. The summed E-state index contributed by atoms with van der Waals surface area (Å²) >= 11 is 0. The number of benzene rings is 2. The Morgan fingerprint density at radius 1 is 0.933 bits per heavy atom. The SMILES string of the molecule is Cc1ccnc(-c2nc3c4c(ccc3[nH]2)-c2c(C3CCCCC3)c3ccc(C(=O)O)cc3n2CCN4CCN2CCCCC2)c1. The van der Waals surface area contributed by atoms with Crippen molar-refractivity contribution >= 4 is 33.6 Å². The van der Waals surface area contributed by atoms with E-state index < -0.39 is 5.97 Å². The summed E-state index contributed by atoms with van der Waals surface area (Å²) in [5, 5.41) is 11.2. The number of piperidine rings is 1. The lowest BCUT2D eigenvalue weighted by molar-refractivity contribution is 0.0697. The maximum atomic E-state index is 12.1. The molecule has 5 aromatic rings. The van der Waals surface area contributed by atoms with Crippen LogP contribution in [0.25, 0.3) is 44.7 Å². The Balaban J connectivity index is 1.34. The molecule has 0 atom stereocenters. The van der Waals surface area contributed by atoms with Gasteiger partial charge in [0, 0.05) is 48.8 Å². The molecule has 0 spiro atoms. The number of aromatic carboxylic acids is 1. The molecule has 3 aromatic heterocycles. The van der Waals surface area contributed by atoms with E-state index in [0.29, 0.717) is 11.5 Å². The Kier molecular flexibility index (Phi) is 7.32. The van der Waals surface area contributed by atoms with Gasteiger partial charge in [-0.15, -0.1) is 0 Å². The van der Waals surface area contributed by atoms with E-state index in [2.05, 4.69) is 55.5 Å². The van der Waals surface area contributed by atoms with Crippen molar-refractivity contribution in [2.75, 3.05) is 37.6 Å². The zero-order valence-electron chi connectivity index (χ0n) is 26.2. The van der Waals surface area contributed by atoms with Gasteiger partial charge in [0.15, 0.2) is 5.82 Å². The summed E-state index contributed by atoms with van der Waals surface area (Å²) in [5.74, 6) is 0.378. The first kappa shape index (κ1) is 28.3. The molecule has 1 saturated carbocycles. The Morgan fingerprint density at radius 2 is 1.76 bits per heavy atom. The molecule has 3 aliphatic rings. The number of hydrogen-bond acceptors (Lipinski definition) is 5. The number of aromatic nitrogens is 4. The lowest BCUT2D eigenvalue weighted by Gasteiger charge is -2.31. The number of hydrogen-bond donors (Lipinski definition) is 2. The van der Waals surface area contributed by atoms with E-state index in [1.807, 2.05) is 18.3 Å². The maximum Gasteiger partial charge on any atom is 0.335 e. The zero-order chi connectivity index (χ0) is 30.5. The lowest BCUT2D eigenvalue weighted by atomic mass is 9.81. The zero-order valence-corrected chi connectivity index (χ0v) is 26.2. The van der Waals surface area contributed by atoms with E-state index in [4.69, 9.17) is 4.98 Å². The number of rotatable bonds is 6. The lowest BCUT2D eigenvalue weighted by Crippen LogP contribution is -2.38. The Bertz CT molecular complexity index is 1890. The molecule has 2 fully saturated rings. The van der Waals surface area contributed by atoms with Crippen LogP contribution in [0.15, 0.2) is 48.7 Å². The van der Waals surface area contributed by atoms with Crippen molar-refractivity contribution in [2.45, 2.75) is 70.8 Å². The smallest absolute Gasteiger partial charge is 0.335 e. The van der Waals surface area contributed by atoms with Gasteiger partial charge >= 0.3 is 5.97 Å². The third kappa shape index (κ3) is 5.09. The molecular formula is C37H42N6O2. The Morgan fingerprint density at radius 3 is 2.56 bits per heavy atom. The number of aryl methyl sites for hydroxylation is 1. The topological polar surface area (TPSA) is 90.3 Å². The fourth-order valence-electron chi connectivity index (χ4n) is 8.20. The van der Waals surface area contributed by atoms with Crippen LogP contribution in [-0.4, -0.2) is 68.2 Å². The summed E-state index contributed by atoms with van der Waals surface area (Å²) in [7, 11) is 0. The second-order valence-electron chi connectivity index (χ2n) is 13.3. The van der Waals surface area contributed by atoms with E-state index in [-0.39, 0.29) is 0 Å². The third-order valence-electron chi connectivity index (χ3n) is 10.4. The van der Waals surface area contributed by atoms with Gasteiger partial charge in [-0.05, 0) is 99.1 Å². The van der Waals surface area contributed by atoms with Crippen LogP contribution in [0.5, 0.6) is 0 Å². The number of anilines is 1. The van der Waals surface area contributed by atoms with Gasteiger partial charge in [-0.3, -0.25) is 4.98 Å². The number of fused-ring (bicyclic) bond motifs is 7. The van der Waals surface area contributed by atoms with Crippen molar-refractivity contribution in [1.29, 1.82) is 0 Å². The highest BCUT2D eigenvalue weighted by Crippen LogP contribution is 2.49. The summed E-state index contributed by atoms with van der Waals surface area (Å²) in [6.07, 6.45) is 11.9. The summed E-state index contributed by atoms with van der Waals surface area (Å²) in [6, 6.07) is 14.4. The number of aromatic amines is 1. The van der Waals surface area contributed by atoms with E-state index in [9.17, 15) is 9.90 Å². The first-order valence-corrected chi connectivity index (χ1v) is 16.9. The number of imidazole rings is 1. The van der Waals surface area contributed by atoms with Crippen molar-refractivity contribution in [3.8, 4) is 22.8 Å². The average molecular weight is 603 g/mol. The minimum absolute atomic E-state index is 0.350. The highest BCUT2D eigenvalue weighted by Gasteiger charge is 2.32. The van der Waals surface area contributed by atoms with Crippen molar-refractivity contribution in [3.63, 3.8) is 0 Å². The monoisotopic (exact) mass is 602 g/mol. The molecule has 0 unspecified atom stereocenters. The molecule has 8 rings (SSSR count). The van der Waals surface area contributed by atoms with Gasteiger partial charge in [-0.2, -0.15) is 0 Å². The molecule has 2 N–H and O–H groups in total. The normalized spacial score (nSPS) is 17.8. The minimum Gasteiger partial charge on any atom is -0.478 e. The highest BCUT2D eigenvalue weighted by molar-refractivity contribution is 6.04. The van der Waals surface area contributed by atoms with Crippen LogP contribution in [0.4, 0.5) is 5.69 Å². The quantitative estimate of drug-likeness (QED) is 0.208. The van der Waals surface area contributed by atoms with Crippen LogP contribution in [0.1, 0.15) is 78.8 Å².